The monoisotopic (exact) mass is 378 g/mol. The summed E-state index contributed by atoms with van der Waals surface area (Å²) < 4.78 is 16.1. The summed E-state index contributed by atoms with van der Waals surface area (Å²) in [6.07, 6.45) is 1.58. The van der Waals surface area contributed by atoms with Crippen molar-refractivity contribution >= 4 is 34.2 Å². The standard InChI is InChI=1S/C19H18N6O3/c1-26-14-9-8-11(16(27-2)17(14)28-3)10-20-24-19-22-18-15(23-25-19)12-6-4-5-7-13(12)21-18/h4-10H,1-3H3,(H2,21,22,24,25). The van der Waals surface area contributed by atoms with Gasteiger partial charge in [-0.25, -0.2) is 5.43 Å². The Bertz CT molecular complexity index is 1170. The van der Waals surface area contributed by atoms with Gasteiger partial charge in [0.2, 0.25) is 5.75 Å². The van der Waals surface area contributed by atoms with Gasteiger partial charge in [0.25, 0.3) is 5.95 Å². The molecule has 9 heteroatoms. The van der Waals surface area contributed by atoms with Crippen LogP contribution in [0.2, 0.25) is 0 Å². The van der Waals surface area contributed by atoms with Crippen molar-refractivity contribution < 1.29 is 14.2 Å². The van der Waals surface area contributed by atoms with Crippen LogP contribution in [0, 0.1) is 0 Å². The Morgan fingerprint density at radius 2 is 1.79 bits per heavy atom. The number of fused-ring (bicyclic) bond motifs is 3. The minimum Gasteiger partial charge on any atom is -0.493 e. The number of aromatic nitrogens is 4. The van der Waals surface area contributed by atoms with E-state index >= 15 is 0 Å². The number of hydrazone groups is 1. The highest BCUT2D eigenvalue weighted by atomic mass is 16.5. The first-order valence-electron chi connectivity index (χ1n) is 8.44. The van der Waals surface area contributed by atoms with E-state index < -0.39 is 0 Å². The van der Waals surface area contributed by atoms with Crippen LogP contribution in [0.15, 0.2) is 41.5 Å². The van der Waals surface area contributed by atoms with E-state index in [-0.39, 0.29) is 5.95 Å². The number of methoxy groups -OCH3 is 3. The summed E-state index contributed by atoms with van der Waals surface area (Å²) in [5.74, 6) is 1.85. The van der Waals surface area contributed by atoms with E-state index in [0.717, 1.165) is 10.9 Å². The van der Waals surface area contributed by atoms with Crippen LogP contribution < -0.4 is 19.6 Å². The number of rotatable bonds is 6. The third-order valence-corrected chi connectivity index (χ3v) is 4.22. The highest BCUT2D eigenvalue weighted by Gasteiger charge is 2.14. The first-order chi connectivity index (χ1) is 13.7. The van der Waals surface area contributed by atoms with Crippen molar-refractivity contribution in [1.82, 2.24) is 20.2 Å². The molecule has 2 aromatic heterocycles. The largest absolute Gasteiger partial charge is 0.493 e. The first-order valence-corrected chi connectivity index (χ1v) is 8.44. The van der Waals surface area contributed by atoms with Crippen molar-refractivity contribution in [2.24, 2.45) is 5.10 Å². The number of hydrogen-bond acceptors (Lipinski definition) is 8. The lowest BCUT2D eigenvalue weighted by Gasteiger charge is -2.13. The van der Waals surface area contributed by atoms with Crippen LogP contribution in [0.25, 0.3) is 22.1 Å². The van der Waals surface area contributed by atoms with Crippen LogP contribution in [-0.2, 0) is 0 Å². The zero-order valence-electron chi connectivity index (χ0n) is 15.6. The van der Waals surface area contributed by atoms with Gasteiger partial charge in [0, 0.05) is 16.5 Å². The molecule has 28 heavy (non-hydrogen) atoms. The van der Waals surface area contributed by atoms with Crippen molar-refractivity contribution in [3.8, 4) is 17.2 Å². The molecule has 0 fully saturated rings. The first kappa shape index (κ1) is 17.5. The lowest BCUT2D eigenvalue weighted by atomic mass is 10.2. The van der Waals surface area contributed by atoms with Gasteiger partial charge in [-0.05, 0) is 18.2 Å². The van der Waals surface area contributed by atoms with Crippen LogP contribution in [0.1, 0.15) is 5.56 Å². The topological polar surface area (TPSA) is 107 Å². The van der Waals surface area contributed by atoms with Gasteiger partial charge >= 0.3 is 0 Å². The molecule has 0 saturated carbocycles. The number of nitrogens with zero attached hydrogens (tertiary/aromatic N) is 4. The van der Waals surface area contributed by atoms with Gasteiger partial charge in [-0.15, -0.1) is 10.2 Å². The Kier molecular flexibility index (Phi) is 4.63. The average molecular weight is 378 g/mol. The number of H-pyrrole nitrogens is 1. The maximum Gasteiger partial charge on any atom is 0.265 e. The third-order valence-electron chi connectivity index (χ3n) is 4.22. The molecule has 0 saturated heterocycles. The van der Waals surface area contributed by atoms with Crippen LogP contribution in [0.3, 0.4) is 0 Å². The van der Waals surface area contributed by atoms with E-state index in [2.05, 4.69) is 30.7 Å². The summed E-state index contributed by atoms with van der Waals surface area (Å²) in [4.78, 5) is 7.63. The highest BCUT2D eigenvalue weighted by molar-refractivity contribution is 6.03. The fraction of sp³-hybridized carbons (Fsp3) is 0.158. The average Bonchev–Trinajstić information content (AvgIpc) is 3.10. The van der Waals surface area contributed by atoms with Gasteiger partial charge in [0.05, 0.1) is 27.5 Å². The number of hydrogen-bond donors (Lipinski definition) is 2. The van der Waals surface area contributed by atoms with E-state index in [4.69, 9.17) is 14.2 Å². The minimum atomic E-state index is 0.273. The van der Waals surface area contributed by atoms with Gasteiger partial charge in [-0.1, -0.05) is 18.2 Å². The molecule has 4 rings (SSSR count). The van der Waals surface area contributed by atoms with Gasteiger partial charge in [-0.2, -0.15) is 10.1 Å². The Balaban J connectivity index is 1.60. The fourth-order valence-electron chi connectivity index (χ4n) is 2.95. The fourth-order valence-corrected chi connectivity index (χ4v) is 2.95. The Morgan fingerprint density at radius 1 is 0.964 bits per heavy atom. The SMILES string of the molecule is COc1ccc(C=NNc2nnc3c(n2)[nH]c2ccccc23)c(OC)c1OC. The molecule has 2 N–H and O–H groups in total. The predicted molar refractivity (Wildman–Crippen MR) is 107 cm³/mol. The molecule has 142 valence electrons. The molecule has 9 nitrogen and oxygen atoms in total. The molecule has 0 aliphatic heterocycles. The Hall–Kier alpha value is -3.88. The van der Waals surface area contributed by atoms with E-state index in [0.29, 0.717) is 34.0 Å². The van der Waals surface area contributed by atoms with E-state index in [1.54, 1.807) is 33.6 Å². The molecule has 0 spiro atoms. The van der Waals surface area contributed by atoms with Gasteiger partial charge < -0.3 is 19.2 Å². The maximum atomic E-state index is 5.43. The molecule has 0 unspecified atom stereocenters. The van der Waals surface area contributed by atoms with Crippen LogP contribution >= 0.6 is 0 Å². The van der Waals surface area contributed by atoms with Crippen LogP contribution in [-0.4, -0.2) is 47.7 Å². The van der Waals surface area contributed by atoms with Crippen molar-refractivity contribution in [1.29, 1.82) is 0 Å². The Labute approximate surface area is 160 Å². The molecule has 4 aromatic rings. The number of nitrogens with one attached hydrogen (secondary N) is 2. The molecule has 0 radical (unpaired) electrons. The number of benzene rings is 2. The molecular formula is C19H18N6O3. The number of para-hydroxylation sites is 1. The van der Waals surface area contributed by atoms with E-state index in [1.807, 2.05) is 30.3 Å². The lowest BCUT2D eigenvalue weighted by molar-refractivity contribution is 0.324. The van der Waals surface area contributed by atoms with E-state index in [1.165, 1.54) is 0 Å². The molecule has 0 aliphatic carbocycles. The number of anilines is 1. The molecule has 0 amide bonds. The Morgan fingerprint density at radius 3 is 2.57 bits per heavy atom. The predicted octanol–water partition coefficient (Wildman–Crippen LogP) is 2.98. The second-order valence-corrected chi connectivity index (χ2v) is 5.80. The maximum absolute atomic E-state index is 5.43. The summed E-state index contributed by atoms with van der Waals surface area (Å²) in [6, 6.07) is 11.4. The van der Waals surface area contributed by atoms with Crippen molar-refractivity contribution in [3.05, 3.63) is 42.0 Å². The van der Waals surface area contributed by atoms with Crippen LogP contribution in [0.5, 0.6) is 17.2 Å². The number of ether oxygens (including phenoxy) is 3. The zero-order valence-corrected chi connectivity index (χ0v) is 15.6. The van der Waals surface area contributed by atoms with E-state index in [9.17, 15) is 0 Å². The summed E-state index contributed by atoms with van der Waals surface area (Å²) >= 11 is 0. The minimum absolute atomic E-state index is 0.273. The summed E-state index contributed by atoms with van der Waals surface area (Å²) in [5, 5.41) is 13.5. The van der Waals surface area contributed by atoms with Gasteiger partial charge in [0.15, 0.2) is 17.1 Å². The molecule has 2 heterocycles. The highest BCUT2D eigenvalue weighted by Crippen LogP contribution is 2.39. The second-order valence-electron chi connectivity index (χ2n) is 5.80. The smallest absolute Gasteiger partial charge is 0.265 e. The lowest BCUT2D eigenvalue weighted by Crippen LogP contribution is -2.01. The summed E-state index contributed by atoms with van der Waals surface area (Å²) in [7, 11) is 4.67. The number of aromatic amines is 1. The van der Waals surface area contributed by atoms with Crippen molar-refractivity contribution in [2.75, 3.05) is 26.8 Å². The molecule has 2 aromatic carbocycles. The van der Waals surface area contributed by atoms with Crippen molar-refractivity contribution in [2.45, 2.75) is 0 Å². The third kappa shape index (κ3) is 3.02. The molecule has 0 aliphatic rings. The van der Waals surface area contributed by atoms with Crippen molar-refractivity contribution in [3.63, 3.8) is 0 Å². The summed E-state index contributed by atoms with van der Waals surface area (Å²) in [6.45, 7) is 0. The van der Waals surface area contributed by atoms with Gasteiger partial charge in [0.1, 0.15) is 5.52 Å². The normalized spacial score (nSPS) is 11.2. The molecule has 0 bridgehead atoms. The zero-order chi connectivity index (χ0) is 19.5. The van der Waals surface area contributed by atoms with Crippen LogP contribution in [0.4, 0.5) is 5.95 Å². The molecule has 0 atom stereocenters. The summed E-state index contributed by atoms with van der Waals surface area (Å²) in [5.41, 5.74) is 5.79. The molecular weight excluding hydrogens is 360 g/mol. The quantitative estimate of drug-likeness (QED) is 0.392. The van der Waals surface area contributed by atoms with Gasteiger partial charge in [-0.3, -0.25) is 0 Å². The second kappa shape index (κ2) is 7.39.